The molecular weight excluding hydrogens is 602 g/mol. The van der Waals surface area contributed by atoms with Crippen molar-refractivity contribution in [2.24, 2.45) is 18.9 Å². The van der Waals surface area contributed by atoms with Gasteiger partial charge in [-0.05, 0) is 71.7 Å². The first-order valence-electron chi connectivity index (χ1n) is 16.3. The molecule has 1 aliphatic carbocycles. The van der Waals surface area contributed by atoms with Crippen LogP contribution in [0.4, 0.5) is 0 Å². The number of aryl methyl sites for hydroxylation is 1. The SMILES string of the molecule is CCOC(=O)[C@@H]1C[C@H]1Cc1ccc(-c2ccc3c(c2)n(C)c(=O)n3-c2ccc(OCc3ccccc3)nc2OCc2ccccc2)cc1. The van der Waals surface area contributed by atoms with E-state index in [9.17, 15) is 9.59 Å². The van der Waals surface area contributed by atoms with Crippen LogP contribution < -0.4 is 15.2 Å². The Morgan fingerprint density at radius 2 is 1.44 bits per heavy atom. The average molecular weight is 640 g/mol. The van der Waals surface area contributed by atoms with Gasteiger partial charge in [0.1, 0.15) is 18.9 Å². The lowest BCUT2D eigenvalue weighted by Gasteiger charge is -2.14. The quantitative estimate of drug-likeness (QED) is 0.131. The van der Waals surface area contributed by atoms with Crippen LogP contribution in [0.2, 0.25) is 0 Å². The van der Waals surface area contributed by atoms with Gasteiger partial charge in [-0.1, -0.05) is 91.0 Å². The van der Waals surface area contributed by atoms with Crippen LogP contribution in [-0.4, -0.2) is 26.7 Å². The predicted molar refractivity (Wildman–Crippen MR) is 185 cm³/mol. The third-order valence-corrected chi connectivity index (χ3v) is 8.86. The highest BCUT2D eigenvalue weighted by Gasteiger charge is 2.43. The molecule has 2 atom stereocenters. The van der Waals surface area contributed by atoms with Crippen molar-refractivity contribution in [3.63, 3.8) is 0 Å². The van der Waals surface area contributed by atoms with Gasteiger partial charge >= 0.3 is 11.7 Å². The number of pyridine rings is 1. The van der Waals surface area contributed by atoms with Crippen molar-refractivity contribution in [3.8, 4) is 28.6 Å². The lowest BCUT2D eigenvalue weighted by Crippen LogP contribution is -2.21. The number of hydrogen-bond donors (Lipinski definition) is 0. The van der Waals surface area contributed by atoms with Gasteiger partial charge in [0.05, 0.1) is 23.6 Å². The second-order valence-corrected chi connectivity index (χ2v) is 12.2. The van der Waals surface area contributed by atoms with Crippen molar-refractivity contribution in [3.05, 3.63) is 142 Å². The van der Waals surface area contributed by atoms with Crippen molar-refractivity contribution < 1.29 is 19.0 Å². The minimum atomic E-state index is -0.206. The van der Waals surface area contributed by atoms with Gasteiger partial charge in [0.2, 0.25) is 11.8 Å². The zero-order valence-electron chi connectivity index (χ0n) is 27.0. The van der Waals surface area contributed by atoms with Gasteiger partial charge in [0, 0.05) is 13.1 Å². The summed E-state index contributed by atoms with van der Waals surface area (Å²) in [4.78, 5) is 30.6. The molecule has 6 aromatic rings. The third kappa shape index (κ3) is 6.60. The van der Waals surface area contributed by atoms with E-state index >= 15 is 0 Å². The van der Waals surface area contributed by atoms with E-state index in [1.54, 1.807) is 22.2 Å². The van der Waals surface area contributed by atoms with Crippen LogP contribution in [-0.2, 0) is 36.2 Å². The maximum absolute atomic E-state index is 13.8. The number of rotatable bonds is 12. The minimum Gasteiger partial charge on any atom is -0.473 e. The van der Waals surface area contributed by atoms with E-state index in [0.29, 0.717) is 36.6 Å². The van der Waals surface area contributed by atoms with E-state index < -0.39 is 0 Å². The topological polar surface area (TPSA) is 84.6 Å². The maximum Gasteiger partial charge on any atom is 0.333 e. The molecule has 0 aliphatic heterocycles. The van der Waals surface area contributed by atoms with E-state index in [1.165, 1.54) is 5.56 Å². The maximum atomic E-state index is 13.8. The molecule has 8 heteroatoms. The number of ether oxygens (including phenoxy) is 3. The number of imidazole rings is 1. The number of benzene rings is 4. The van der Waals surface area contributed by atoms with Crippen molar-refractivity contribution >= 4 is 17.0 Å². The summed E-state index contributed by atoms with van der Waals surface area (Å²) in [5.41, 5.74) is 7.11. The lowest BCUT2D eigenvalue weighted by atomic mass is 10.0. The van der Waals surface area contributed by atoms with Crippen molar-refractivity contribution in [1.82, 2.24) is 14.1 Å². The zero-order valence-corrected chi connectivity index (χ0v) is 27.0. The summed E-state index contributed by atoms with van der Waals surface area (Å²) in [6.45, 7) is 2.91. The highest BCUT2D eigenvalue weighted by atomic mass is 16.5. The van der Waals surface area contributed by atoms with E-state index in [-0.39, 0.29) is 24.2 Å². The number of carbonyl (C=O) groups excluding carboxylic acids is 1. The average Bonchev–Trinajstić information content (AvgIpc) is 3.85. The Balaban J connectivity index is 1.16. The van der Waals surface area contributed by atoms with Gasteiger partial charge in [0.15, 0.2) is 0 Å². The van der Waals surface area contributed by atoms with Crippen LogP contribution in [0.5, 0.6) is 11.8 Å². The third-order valence-electron chi connectivity index (χ3n) is 8.86. The largest absolute Gasteiger partial charge is 0.473 e. The molecule has 0 bridgehead atoms. The van der Waals surface area contributed by atoms with Gasteiger partial charge < -0.3 is 14.2 Å². The highest BCUT2D eigenvalue weighted by molar-refractivity contribution is 5.84. The van der Waals surface area contributed by atoms with Crippen LogP contribution in [0.3, 0.4) is 0 Å². The summed E-state index contributed by atoms with van der Waals surface area (Å²) in [6, 6.07) is 37.8. The molecule has 0 saturated heterocycles. The number of hydrogen-bond acceptors (Lipinski definition) is 6. The summed E-state index contributed by atoms with van der Waals surface area (Å²) in [5.74, 6) is 1.00. The molecule has 7 rings (SSSR count). The lowest BCUT2D eigenvalue weighted by molar-refractivity contribution is -0.145. The molecule has 0 amide bonds. The Morgan fingerprint density at radius 3 is 2.12 bits per heavy atom. The summed E-state index contributed by atoms with van der Waals surface area (Å²) in [5, 5.41) is 0. The van der Waals surface area contributed by atoms with Crippen molar-refractivity contribution in [2.75, 3.05) is 6.61 Å². The number of carbonyl (C=O) groups is 1. The first-order chi connectivity index (χ1) is 23.5. The van der Waals surface area contributed by atoms with Crippen LogP contribution in [0, 0.1) is 11.8 Å². The molecule has 1 fully saturated rings. The molecule has 0 spiro atoms. The van der Waals surface area contributed by atoms with Gasteiger partial charge in [0.25, 0.3) is 0 Å². The molecule has 2 aromatic heterocycles. The fourth-order valence-electron chi connectivity index (χ4n) is 6.13. The van der Waals surface area contributed by atoms with Crippen LogP contribution in [0.15, 0.2) is 120 Å². The van der Waals surface area contributed by atoms with Crippen LogP contribution >= 0.6 is 0 Å². The molecule has 8 nitrogen and oxygen atoms in total. The zero-order chi connectivity index (χ0) is 33.0. The predicted octanol–water partition coefficient (Wildman–Crippen LogP) is 7.29. The first kappa shape index (κ1) is 31.0. The second kappa shape index (κ2) is 13.6. The number of nitrogens with zero attached hydrogens (tertiary/aromatic N) is 3. The molecule has 48 heavy (non-hydrogen) atoms. The van der Waals surface area contributed by atoms with E-state index in [0.717, 1.165) is 46.1 Å². The standard InChI is InChI=1S/C40H37N3O5/c1-3-46-39(44)33-23-32(33)22-27-14-16-30(17-15-27)31-18-19-34-36(24-31)42(2)40(45)43(34)35-20-21-37(47-25-28-10-6-4-7-11-28)41-38(35)48-26-29-12-8-5-9-13-29/h4-21,24,32-33H,3,22-23,25-26H2,1-2H3/t32-,33-/m1/s1. The molecule has 0 unspecified atom stereocenters. The molecule has 4 aromatic carbocycles. The number of aromatic nitrogens is 3. The molecule has 0 N–H and O–H groups in total. The summed E-state index contributed by atoms with van der Waals surface area (Å²) < 4.78 is 20.8. The normalized spacial score (nSPS) is 15.3. The Bertz CT molecular complexity index is 2100. The van der Waals surface area contributed by atoms with E-state index in [2.05, 4.69) is 24.3 Å². The van der Waals surface area contributed by atoms with Gasteiger partial charge in [-0.2, -0.15) is 4.98 Å². The van der Waals surface area contributed by atoms with Gasteiger partial charge in [-0.25, -0.2) is 4.79 Å². The fraction of sp³-hybridized carbons (Fsp3) is 0.225. The monoisotopic (exact) mass is 639 g/mol. The first-order valence-corrected chi connectivity index (χ1v) is 16.3. The molecule has 2 heterocycles. The van der Waals surface area contributed by atoms with Crippen LogP contribution in [0.1, 0.15) is 30.0 Å². The molecule has 1 aliphatic rings. The molecule has 0 radical (unpaired) electrons. The summed E-state index contributed by atoms with van der Waals surface area (Å²) in [7, 11) is 1.78. The Hall–Kier alpha value is -5.63. The van der Waals surface area contributed by atoms with Crippen molar-refractivity contribution in [2.45, 2.75) is 33.0 Å². The summed E-state index contributed by atoms with van der Waals surface area (Å²) in [6.07, 6.45) is 1.75. The van der Waals surface area contributed by atoms with E-state index in [1.807, 2.05) is 91.9 Å². The Labute approximate surface area is 279 Å². The second-order valence-electron chi connectivity index (χ2n) is 12.2. The fourth-order valence-corrected chi connectivity index (χ4v) is 6.13. The smallest absolute Gasteiger partial charge is 0.333 e. The molecular formula is C40H37N3O5. The summed E-state index contributed by atoms with van der Waals surface area (Å²) >= 11 is 0. The Morgan fingerprint density at radius 1 is 0.771 bits per heavy atom. The number of fused-ring (bicyclic) bond motifs is 1. The molecule has 242 valence electrons. The van der Waals surface area contributed by atoms with E-state index in [4.69, 9.17) is 19.2 Å². The number of esters is 1. The minimum absolute atomic E-state index is 0.0230. The van der Waals surface area contributed by atoms with Gasteiger partial charge in [-0.15, -0.1) is 0 Å². The van der Waals surface area contributed by atoms with Crippen LogP contribution in [0.25, 0.3) is 27.8 Å². The highest BCUT2D eigenvalue weighted by Crippen LogP contribution is 2.42. The van der Waals surface area contributed by atoms with Gasteiger partial charge in [-0.3, -0.25) is 13.9 Å². The molecule has 1 saturated carbocycles. The Kier molecular flexibility index (Phi) is 8.79. The van der Waals surface area contributed by atoms with Crippen molar-refractivity contribution in [1.29, 1.82) is 0 Å².